The van der Waals surface area contributed by atoms with Gasteiger partial charge in [0, 0.05) is 18.9 Å². The van der Waals surface area contributed by atoms with E-state index >= 15 is 0 Å². The molecule has 1 saturated heterocycles. The minimum absolute atomic E-state index is 0.121. The molecule has 0 N–H and O–H groups in total. The summed E-state index contributed by atoms with van der Waals surface area (Å²) in [6, 6.07) is -0.148. The summed E-state index contributed by atoms with van der Waals surface area (Å²) in [6.07, 6.45) is 3.71. The first-order valence-electron chi connectivity index (χ1n) is 7.68. The number of carbonyl (C=O) groups excluding carboxylic acids is 1. The fourth-order valence-corrected chi connectivity index (χ4v) is 2.73. The summed E-state index contributed by atoms with van der Waals surface area (Å²) >= 11 is 0. The molecule has 3 heterocycles. The van der Waals surface area contributed by atoms with Gasteiger partial charge >= 0.3 is 0 Å². The van der Waals surface area contributed by atoms with Gasteiger partial charge in [-0.05, 0) is 12.8 Å². The molecule has 1 aliphatic rings. The van der Waals surface area contributed by atoms with Crippen molar-refractivity contribution in [1.82, 2.24) is 20.0 Å². The molecule has 118 valence electrons. The Morgan fingerprint density at radius 2 is 2.32 bits per heavy atom. The first-order valence-corrected chi connectivity index (χ1v) is 7.68. The van der Waals surface area contributed by atoms with Gasteiger partial charge in [0.1, 0.15) is 5.76 Å². The monoisotopic (exact) mass is 304 g/mol. The first kappa shape index (κ1) is 14.7. The molecule has 0 spiro atoms. The summed E-state index contributed by atoms with van der Waals surface area (Å²) in [7, 11) is 0. The van der Waals surface area contributed by atoms with Crippen LogP contribution in [0, 0.1) is 0 Å². The van der Waals surface area contributed by atoms with Crippen molar-refractivity contribution < 1.29 is 13.7 Å². The maximum absolute atomic E-state index is 12.7. The van der Waals surface area contributed by atoms with Crippen LogP contribution in [0.15, 0.2) is 15.3 Å². The highest BCUT2D eigenvalue weighted by Gasteiger charge is 2.35. The number of carbonyl (C=O) groups is 1. The van der Waals surface area contributed by atoms with Crippen molar-refractivity contribution in [3.63, 3.8) is 0 Å². The molecule has 1 atom stereocenters. The van der Waals surface area contributed by atoms with Crippen LogP contribution in [0.4, 0.5) is 0 Å². The Bertz CT molecular complexity index is 661. The topological polar surface area (TPSA) is 85.3 Å². The third kappa shape index (κ3) is 2.51. The van der Waals surface area contributed by atoms with Crippen molar-refractivity contribution in [2.24, 2.45) is 0 Å². The first-order chi connectivity index (χ1) is 10.6. The number of rotatable bonds is 4. The zero-order valence-electron chi connectivity index (χ0n) is 13.1. The van der Waals surface area contributed by atoms with Crippen LogP contribution in [0.3, 0.4) is 0 Å². The summed E-state index contributed by atoms with van der Waals surface area (Å²) in [4.78, 5) is 23.0. The van der Waals surface area contributed by atoms with Crippen LogP contribution in [0.1, 0.15) is 73.5 Å². The van der Waals surface area contributed by atoms with Gasteiger partial charge in [0.05, 0.1) is 6.04 Å². The third-order valence-corrected chi connectivity index (χ3v) is 3.93. The summed E-state index contributed by atoms with van der Waals surface area (Å²) in [6.45, 7) is 6.60. The lowest BCUT2D eigenvalue weighted by Gasteiger charge is -2.21. The van der Waals surface area contributed by atoms with Gasteiger partial charge in [0.25, 0.3) is 5.91 Å². The molecule has 7 heteroatoms. The third-order valence-electron chi connectivity index (χ3n) is 3.93. The van der Waals surface area contributed by atoms with E-state index < -0.39 is 0 Å². The lowest BCUT2D eigenvalue weighted by atomic mass is 10.2. The van der Waals surface area contributed by atoms with E-state index in [0.717, 1.165) is 12.8 Å². The number of aryl methyl sites for hydroxylation is 1. The molecule has 0 saturated carbocycles. The van der Waals surface area contributed by atoms with Crippen molar-refractivity contribution in [3.8, 4) is 0 Å². The number of oxazole rings is 1. The van der Waals surface area contributed by atoms with Crippen molar-refractivity contribution >= 4 is 5.91 Å². The normalized spacial score (nSPS) is 18.4. The van der Waals surface area contributed by atoms with Gasteiger partial charge in [-0.3, -0.25) is 4.79 Å². The molecular weight excluding hydrogens is 284 g/mol. The predicted octanol–water partition coefficient (Wildman–Crippen LogP) is 2.72. The van der Waals surface area contributed by atoms with Crippen molar-refractivity contribution in [2.45, 2.75) is 52.0 Å². The standard InChI is InChI=1S/C15H20N4O3/c1-4-11-12(16-8-21-11)15(20)19-7-5-6-10(19)13-17-14(9(2)3)22-18-13/h8-10H,4-7H2,1-3H3. The molecule has 0 aromatic carbocycles. The minimum Gasteiger partial charge on any atom is -0.448 e. The average molecular weight is 304 g/mol. The van der Waals surface area contributed by atoms with Crippen molar-refractivity contribution in [3.05, 3.63) is 29.6 Å². The predicted molar refractivity (Wildman–Crippen MR) is 77.3 cm³/mol. The molecule has 0 radical (unpaired) electrons. The van der Waals surface area contributed by atoms with Crippen molar-refractivity contribution in [1.29, 1.82) is 0 Å². The van der Waals surface area contributed by atoms with Crippen LogP contribution in [0.25, 0.3) is 0 Å². The van der Waals surface area contributed by atoms with E-state index in [1.54, 1.807) is 4.90 Å². The maximum atomic E-state index is 12.7. The number of nitrogens with zero attached hydrogens (tertiary/aromatic N) is 4. The van der Waals surface area contributed by atoms with Gasteiger partial charge < -0.3 is 13.8 Å². The fraction of sp³-hybridized carbons (Fsp3) is 0.600. The van der Waals surface area contributed by atoms with Gasteiger partial charge in [0.15, 0.2) is 17.9 Å². The molecule has 0 aliphatic carbocycles. The Morgan fingerprint density at radius 3 is 3.00 bits per heavy atom. The lowest BCUT2D eigenvalue weighted by Crippen LogP contribution is -2.32. The van der Waals surface area contributed by atoms with Gasteiger partial charge in [-0.25, -0.2) is 4.98 Å². The Labute approximate surface area is 128 Å². The van der Waals surface area contributed by atoms with Crippen LogP contribution < -0.4 is 0 Å². The molecule has 7 nitrogen and oxygen atoms in total. The second kappa shape index (κ2) is 5.90. The van der Waals surface area contributed by atoms with E-state index in [0.29, 0.717) is 36.1 Å². The zero-order valence-corrected chi connectivity index (χ0v) is 13.1. The minimum atomic E-state index is -0.148. The van der Waals surface area contributed by atoms with Crippen molar-refractivity contribution in [2.75, 3.05) is 6.54 Å². The van der Waals surface area contributed by atoms with Crippen LogP contribution in [-0.4, -0.2) is 32.5 Å². The Balaban J connectivity index is 1.85. The second-order valence-electron chi connectivity index (χ2n) is 5.78. The van der Waals surface area contributed by atoms with E-state index in [-0.39, 0.29) is 17.9 Å². The van der Waals surface area contributed by atoms with Gasteiger partial charge in [-0.1, -0.05) is 25.9 Å². The summed E-state index contributed by atoms with van der Waals surface area (Å²) in [5, 5.41) is 4.05. The Morgan fingerprint density at radius 1 is 1.50 bits per heavy atom. The smallest absolute Gasteiger partial charge is 0.276 e. The van der Waals surface area contributed by atoms with Gasteiger partial charge in [-0.2, -0.15) is 4.98 Å². The zero-order chi connectivity index (χ0) is 15.7. The highest BCUT2D eigenvalue weighted by atomic mass is 16.5. The summed E-state index contributed by atoms with van der Waals surface area (Å²) in [5.74, 6) is 1.85. The molecule has 1 fully saturated rings. The average Bonchev–Trinajstić information content (AvgIpc) is 3.23. The van der Waals surface area contributed by atoms with Gasteiger partial charge in [-0.15, -0.1) is 0 Å². The molecule has 2 aromatic rings. The van der Waals surface area contributed by atoms with Crippen LogP contribution in [0.2, 0.25) is 0 Å². The van der Waals surface area contributed by atoms with E-state index in [1.165, 1.54) is 6.39 Å². The molecule has 22 heavy (non-hydrogen) atoms. The highest BCUT2D eigenvalue weighted by molar-refractivity contribution is 5.93. The molecule has 0 bridgehead atoms. The number of hydrogen-bond acceptors (Lipinski definition) is 6. The molecule has 2 aromatic heterocycles. The Hall–Kier alpha value is -2.18. The lowest BCUT2D eigenvalue weighted by molar-refractivity contribution is 0.0720. The molecule has 1 aliphatic heterocycles. The van der Waals surface area contributed by atoms with E-state index in [2.05, 4.69) is 15.1 Å². The summed E-state index contributed by atoms with van der Waals surface area (Å²) in [5.41, 5.74) is 0.391. The number of likely N-dealkylation sites (tertiary alicyclic amines) is 1. The van der Waals surface area contributed by atoms with E-state index in [4.69, 9.17) is 8.94 Å². The molecular formula is C15H20N4O3. The second-order valence-corrected chi connectivity index (χ2v) is 5.78. The SMILES string of the molecule is CCc1ocnc1C(=O)N1CCCC1c1noc(C(C)C)n1. The van der Waals surface area contributed by atoms with Crippen LogP contribution in [-0.2, 0) is 6.42 Å². The highest BCUT2D eigenvalue weighted by Crippen LogP contribution is 2.32. The fourth-order valence-electron chi connectivity index (χ4n) is 2.73. The molecule has 1 unspecified atom stereocenters. The molecule has 1 amide bonds. The number of amides is 1. The van der Waals surface area contributed by atoms with E-state index in [9.17, 15) is 4.79 Å². The molecule has 3 rings (SSSR count). The van der Waals surface area contributed by atoms with Gasteiger partial charge in [0.2, 0.25) is 5.89 Å². The quantitative estimate of drug-likeness (QED) is 0.863. The van der Waals surface area contributed by atoms with Crippen LogP contribution in [0.5, 0.6) is 0 Å². The largest absolute Gasteiger partial charge is 0.448 e. The maximum Gasteiger partial charge on any atom is 0.276 e. The number of aromatic nitrogens is 3. The summed E-state index contributed by atoms with van der Waals surface area (Å²) < 4.78 is 10.5. The van der Waals surface area contributed by atoms with E-state index in [1.807, 2.05) is 20.8 Å². The Kier molecular flexibility index (Phi) is 3.96. The van der Waals surface area contributed by atoms with Crippen LogP contribution >= 0.6 is 0 Å². The number of hydrogen-bond donors (Lipinski definition) is 0.